The smallest absolute Gasteiger partial charge is 0.250 e. The van der Waals surface area contributed by atoms with E-state index in [-0.39, 0.29) is 18.2 Å². The van der Waals surface area contributed by atoms with Crippen molar-refractivity contribution in [1.29, 1.82) is 0 Å². The van der Waals surface area contributed by atoms with Crippen LogP contribution in [0.25, 0.3) is 0 Å². The van der Waals surface area contributed by atoms with Gasteiger partial charge in [-0.25, -0.2) is 0 Å². The molecular weight excluding hydrogens is 440 g/mol. The van der Waals surface area contributed by atoms with Crippen LogP contribution in [0.5, 0.6) is 0 Å². The maximum atomic E-state index is 13.3. The average molecular weight is 479 g/mol. The molecule has 2 fully saturated rings. The normalized spacial score (nSPS) is 17.5. The third kappa shape index (κ3) is 6.40. The fourth-order valence-electron chi connectivity index (χ4n) is 5.51. The maximum absolute atomic E-state index is 13.3. The standard InChI is InChI=1S/C28H38N4O3/c1-21-24(28(29)35)19-25(32(21)13-12-22-8-4-2-5-9-22)26(33)20-30-14-16-31(17-15-30)27(34)18-23-10-6-3-7-11-23/h2,4-5,8-9,19,23H,3,6-7,10-18,20H2,1H3,(H2,29,35). The third-order valence-electron chi connectivity index (χ3n) is 7.66. The molecule has 7 heteroatoms. The number of nitrogens with zero attached hydrogens (tertiary/aromatic N) is 3. The van der Waals surface area contributed by atoms with Gasteiger partial charge < -0.3 is 15.2 Å². The lowest BCUT2D eigenvalue weighted by molar-refractivity contribution is -0.134. The third-order valence-corrected chi connectivity index (χ3v) is 7.66. The number of rotatable bonds is 9. The number of primary amides is 1. The van der Waals surface area contributed by atoms with Gasteiger partial charge in [-0.2, -0.15) is 0 Å². The molecule has 7 nitrogen and oxygen atoms in total. The molecule has 1 aliphatic carbocycles. The summed E-state index contributed by atoms with van der Waals surface area (Å²) in [5.74, 6) is 0.275. The Morgan fingerprint density at radius 3 is 2.31 bits per heavy atom. The largest absolute Gasteiger partial charge is 0.366 e. The summed E-state index contributed by atoms with van der Waals surface area (Å²) in [5.41, 5.74) is 8.43. The fraction of sp³-hybridized carbons (Fsp3) is 0.536. The van der Waals surface area contributed by atoms with Crippen molar-refractivity contribution in [3.8, 4) is 0 Å². The monoisotopic (exact) mass is 478 g/mol. The van der Waals surface area contributed by atoms with E-state index in [1.807, 2.05) is 34.6 Å². The lowest BCUT2D eigenvalue weighted by atomic mass is 9.86. The minimum absolute atomic E-state index is 0.0179. The first-order valence-corrected chi connectivity index (χ1v) is 13.0. The van der Waals surface area contributed by atoms with Crippen LogP contribution >= 0.6 is 0 Å². The van der Waals surface area contributed by atoms with Gasteiger partial charge in [-0.15, -0.1) is 0 Å². The van der Waals surface area contributed by atoms with E-state index in [1.165, 1.54) is 37.7 Å². The second-order valence-electron chi connectivity index (χ2n) is 10.1. The molecule has 2 N–H and O–H groups in total. The molecule has 1 aliphatic heterocycles. The van der Waals surface area contributed by atoms with Crippen LogP contribution < -0.4 is 5.73 Å². The Kier molecular flexibility index (Phi) is 8.39. The molecule has 0 radical (unpaired) electrons. The molecule has 1 saturated carbocycles. The number of amides is 2. The summed E-state index contributed by atoms with van der Waals surface area (Å²) in [6, 6.07) is 11.7. The predicted molar refractivity (Wildman–Crippen MR) is 136 cm³/mol. The number of hydrogen-bond donors (Lipinski definition) is 1. The topological polar surface area (TPSA) is 88.6 Å². The highest BCUT2D eigenvalue weighted by Gasteiger charge is 2.27. The van der Waals surface area contributed by atoms with Gasteiger partial charge in [0.1, 0.15) is 0 Å². The first-order chi connectivity index (χ1) is 16.9. The Morgan fingerprint density at radius 2 is 1.66 bits per heavy atom. The van der Waals surface area contributed by atoms with Crippen molar-refractivity contribution in [2.75, 3.05) is 32.7 Å². The zero-order valence-electron chi connectivity index (χ0n) is 20.9. The van der Waals surface area contributed by atoms with Crippen molar-refractivity contribution in [3.05, 3.63) is 58.9 Å². The molecule has 1 aromatic carbocycles. The summed E-state index contributed by atoms with van der Waals surface area (Å²) in [6.07, 6.45) is 7.58. The predicted octanol–water partition coefficient (Wildman–Crippen LogP) is 3.44. The van der Waals surface area contributed by atoms with Crippen LogP contribution in [0.15, 0.2) is 36.4 Å². The summed E-state index contributed by atoms with van der Waals surface area (Å²) in [7, 11) is 0. The van der Waals surface area contributed by atoms with E-state index in [2.05, 4.69) is 17.0 Å². The van der Waals surface area contributed by atoms with Gasteiger partial charge in [0.05, 0.1) is 17.8 Å². The van der Waals surface area contributed by atoms with Crippen molar-refractivity contribution in [2.24, 2.45) is 11.7 Å². The number of benzene rings is 1. The van der Waals surface area contributed by atoms with Gasteiger partial charge in [0, 0.05) is 44.8 Å². The van der Waals surface area contributed by atoms with E-state index >= 15 is 0 Å². The lowest BCUT2D eigenvalue weighted by Crippen LogP contribution is -2.50. The second-order valence-corrected chi connectivity index (χ2v) is 10.1. The second kappa shape index (κ2) is 11.7. The molecule has 0 atom stereocenters. The molecule has 1 saturated heterocycles. The Labute approximate surface area is 208 Å². The molecule has 2 aromatic rings. The van der Waals surface area contributed by atoms with E-state index in [0.29, 0.717) is 56.3 Å². The minimum Gasteiger partial charge on any atom is -0.366 e. The molecule has 0 unspecified atom stereocenters. The van der Waals surface area contributed by atoms with Gasteiger partial charge in [0.25, 0.3) is 5.91 Å². The van der Waals surface area contributed by atoms with Gasteiger partial charge in [-0.05, 0) is 43.7 Å². The molecule has 2 heterocycles. The Balaban J connectivity index is 1.35. The Morgan fingerprint density at radius 1 is 0.971 bits per heavy atom. The quantitative estimate of drug-likeness (QED) is 0.559. The lowest BCUT2D eigenvalue weighted by Gasteiger charge is -2.35. The number of piperazine rings is 1. The first kappa shape index (κ1) is 25.2. The van der Waals surface area contributed by atoms with Crippen LogP contribution in [0.4, 0.5) is 0 Å². The SMILES string of the molecule is Cc1c(C(N)=O)cc(C(=O)CN2CCN(C(=O)CC3CCCCC3)CC2)n1CCc1ccccc1. The molecular formula is C28H38N4O3. The van der Waals surface area contributed by atoms with Crippen molar-refractivity contribution < 1.29 is 14.4 Å². The maximum Gasteiger partial charge on any atom is 0.250 e. The minimum atomic E-state index is -0.514. The van der Waals surface area contributed by atoms with Crippen molar-refractivity contribution in [1.82, 2.24) is 14.4 Å². The van der Waals surface area contributed by atoms with Crippen LogP contribution in [0.2, 0.25) is 0 Å². The van der Waals surface area contributed by atoms with Crippen molar-refractivity contribution in [2.45, 2.75) is 58.4 Å². The molecule has 188 valence electrons. The summed E-state index contributed by atoms with van der Waals surface area (Å²) < 4.78 is 1.93. The number of carbonyl (C=O) groups is 3. The molecule has 0 bridgehead atoms. The number of aromatic nitrogens is 1. The molecule has 1 aromatic heterocycles. The van der Waals surface area contributed by atoms with E-state index in [9.17, 15) is 14.4 Å². The summed E-state index contributed by atoms with van der Waals surface area (Å²) in [6.45, 7) is 5.44. The molecule has 2 amide bonds. The van der Waals surface area contributed by atoms with E-state index < -0.39 is 5.91 Å². The zero-order valence-corrected chi connectivity index (χ0v) is 20.9. The summed E-state index contributed by atoms with van der Waals surface area (Å²) in [5, 5.41) is 0. The molecule has 0 spiro atoms. The van der Waals surface area contributed by atoms with Crippen LogP contribution in [0, 0.1) is 12.8 Å². The van der Waals surface area contributed by atoms with E-state index in [1.54, 1.807) is 6.07 Å². The van der Waals surface area contributed by atoms with E-state index in [0.717, 1.165) is 12.1 Å². The Hall–Kier alpha value is -2.93. The highest BCUT2D eigenvalue weighted by molar-refractivity contribution is 6.01. The van der Waals surface area contributed by atoms with Crippen LogP contribution in [0.3, 0.4) is 0 Å². The molecule has 35 heavy (non-hydrogen) atoms. The highest BCUT2D eigenvalue weighted by Crippen LogP contribution is 2.27. The first-order valence-electron chi connectivity index (χ1n) is 13.0. The van der Waals surface area contributed by atoms with Crippen molar-refractivity contribution in [3.63, 3.8) is 0 Å². The molecule has 4 rings (SSSR count). The zero-order chi connectivity index (χ0) is 24.8. The molecule has 2 aliphatic rings. The van der Waals surface area contributed by atoms with Crippen LogP contribution in [-0.2, 0) is 17.8 Å². The summed E-state index contributed by atoms with van der Waals surface area (Å²) >= 11 is 0. The van der Waals surface area contributed by atoms with Crippen LogP contribution in [-0.4, -0.2) is 64.7 Å². The van der Waals surface area contributed by atoms with Crippen molar-refractivity contribution >= 4 is 17.6 Å². The number of hydrogen-bond acceptors (Lipinski definition) is 4. The average Bonchev–Trinajstić information content (AvgIpc) is 3.21. The van der Waals surface area contributed by atoms with Crippen LogP contribution in [0.1, 0.15) is 70.6 Å². The number of aryl methyl sites for hydroxylation is 1. The van der Waals surface area contributed by atoms with Gasteiger partial charge >= 0.3 is 0 Å². The highest BCUT2D eigenvalue weighted by atomic mass is 16.2. The van der Waals surface area contributed by atoms with Gasteiger partial charge in [-0.1, -0.05) is 49.6 Å². The van der Waals surface area contributed by atoms with Gasteiger partial charge in [0.2, 0.25) is 5.91 Å². The van der Waals surface area contributed by atoms with E-state index in [4.69, 9.17) is 5.73 Å². The van der Waals surface area contributed by atoms with Gasteiger partial charge in [-0.3, -0.25) is 19.3 Å². The number of ketones is 1. The number of nitrogens with two attached hydrogens (primary N) is 1. The number of carbonyl (C=O) groups excluding carboxylic acids is 3. The Bertz CT molecular complexity index is 1030. The summed E-state index contributed by atoms with van der Waals surface area (Å²) in [4.78, 5) is 42.1. The number of Topliss-reactive ketones (excluding diaryl/α,β-unsaturated/α-hetero) is 1. The van der Waals surface area contributed by atoms with Gasteiger partial charge in [0.15, 0.2) is 5.78 Å². The fourth-order valence-corrected chi connectivity index (χ4v) is 5.51.